The number of hydrogen-bond acceptors (Lipinski definition) is 2. The molecule has 80 valence electrons. The van der Waals surface area contributed by atoms with Crippen LogP contribution in [0.3, 0.4) is 0 Å². The molecule has 0 aliphatic rings. The molecule has 0 aliphatic carbocycles. The summed E-state index contributed by atoms with van der Waals surface area (Å²) < 4.78 is 30.3. The Kier molecular flexibility index (Phi) is 3.80. The first-order chi connectivity index (χ1) is 7.06. The van der Waals surface area contributed by atoms with Gasteiger partial charge in [-0.25, -0.2) is 13.6 Å². The van der Waals surface area contributed by atoms with Gasteiger partial charge in [-0.15, -0.1) is 0 Å². The van der Waals surface area contributed by atoms with Gasteiger partial charge in [-0.2, -0.15) is 0 Å². The molecule has 0 unspecified atom stereocenters. The minimum atomic E-state index is -0.748. The molecule has 0 bridgehead atoms. The number of halogens is 3. The van der Waals surface area contributed by atoms with E-state index in [-0.39, 0.29) is 10.6 Å². The highest BCUT2D eigenvalue weighted by atomic mass is 35.5. The second-order valence-electron chi connectivity index (χ2n) is 2.61. The number of ether oxygens (including phenoxy) is 1. The van der Waals surface area contributed by atoms with Crippen LogP contribution in [0.1, 0.15) is 5.56 Å². The second-order valence-corrected chi connectivity index (χ2v) is 2.99. The molecule has 1 aromatic carbocycles. The Morgan fingerprint density at radius 1 is 1.40 bits per heavy atom. The first kappa shape index (κ1) is 11.7. The number of benzene rings is 1. The van der Waals surface area contributed by atoms with Crippen LogP contribution in [-0.4, -0.2) is 13.1 Å². The van der Waals surface area contributed by atoms with Crippen LogP contribution in [0.15, 0.2) is 18.2 Å². The summed E-state index contributed by atoms with van der Waals surface area (Å²) in [6.07, 6.45) is 2.02. The second kappa shape index (κ2) is 4.89. The van der Waals surface area contributed by atoms with Crippen molar-refractivity contribution in [3.8, 4) is 0 Å². The summed E-state index contributed by atoms with van der Waals surface area (Å²) >= 11 is 5.51. The Labute approximate surface area is 90.1 Å². The summed E-state index contributed by atoms with van der Waals surface area (Å²) in [6, 6.07) is 1.84. The summed E-state index contributed by atoms with van der Waals surface area (Å²) in [4.78, 5) is 10.7. The van der Waals surface area contributed by atoms with E-state index in [1.54, 1.807) is 0 Å². The van der Waals surface area contributed by atoms with E-state index in [0.717, 1.165) is 24.3 Å². The van der Waals surface area contributed by atoms with Gasteiger partial charge in [0.05, 0.1) is 12.1 Å². The molecular formula is C10H7ClF2O2. The highest BCUT2D eigenvalue weighted by molar-refractivity contribution is 6.32. The fourth-order valence-corrected chi connectivity index (χ4v) is 1.13. The summed E-state index contributed by atoms with van der Waals surface area (Å²) in [6.45, 7) is 0. The molecule has 5 heteroatoms. The smallest absolute Gasteiger partial charge is 0.330 e. The van der Waals surface area contributed by atoms with Gasteiger partial charge in [0.2, 0.25) is 0 Å². The van der Waals surface area contributed by atoms with Gasteiger partial charge >= 0.3 is 5.97 Å². The highest BCUT2D eigenvalue weighted by Gasteiger charge is 2.09. The fourth-order valence-electron chi connectivity index (χ4n) is 0.915. The zero-order valence-corrected chi connectivity index (χ0v) is 8.52. The van der Waals surface area contributed by atoms with Crippen molar-refractivity contribution in [2.45, 2.75) is 0 Å². The van der Waals surface area contributed by atoms with Crippen molar-refractivity contribution >= 4 is 23.6 Å². The molecule has 0 spiro atoms. The Bertz CT molecular complexity index is 416. The van der Waals surface area contributed by atoms with E-state index in [0.29, 0.717) is 0 Å². The highest BCUT2D eigenvalue weighted by Crippen LogP contribution is 2.23. The molecule has 0 aromatic heterocycles. The number of hydrogen-bond donors (Lipinski definition) is 0. The Hall–Kier alpha value is -1.42. The van der Waals surface area contributed by atoms with Crippen molar-refractivity contribution in [1.82, 2.24) is 0 Å². The summed E-state index contributed by atoms with van der Waals surface area (Å²) in [5.74, 6) is -2.13. The van der Waals surface area contributed by atoms with E-state index in [9.17, 15) is 13.6 Å². The molecule has 0 aliphatic heterocycles. The van der Waals surface area contributed by atoms with Gasteiger partial charge in [0.25, 0.3) is 0 Å². The third kappa shape index (κ3) is 2.76. The van der Waals surface area contributed by atoms with Crippen LogP contribution in [0.2, 0.25) is 5.02 Å². The average Bonchev–Trinajstić information content (AvgIpc) is 2.23. The Morgan fingerprint density at radius 3 is 2.60 bits per heavy atom. The van der Waals surface area contributed by atoms with Crippen LogP contribution in [0.4, 0.5) is 8.78 Å². The van der Waals surface area contributed by atoms with Gasteiger partial charge in [-0.3, -0.25) is 0 Å². The van der Waals surface area contributed by atoms with Crippen molar-refractivity contribution in [3.63, 3.8) is 0 Å². The Balaban J connectivity index is 3.09. The zero-order chi connectivity index (χ0) is 11.4. The fraction of sp³-hybridized carbons (Fsp3) is 0.100. The number of carbonyl (C=O) groups excluding carboxylic acids is 1. The maximum atomic E-state index is 13.1. The molecule has 0 atom stereocenters. The van der Waals surface area contributed by atoms with Gasteiger partial charge in [-0.1, -0.05) is 11.6 Å². The number of esters is 1. The van der Waals surface area contributed by atoms with E-state index >= 15 is 0 Å². The predicted molar refractivity (Wildman–Crippen MR) is 52.4 cm³/mol. The number of carbonyl (C=O) groups is 1. The lowest BCUT2D eigenvalue weighted by Gasteiger charge is -2.01. The zero-order valence-electron chi connectivity index (χ0n) is 7.76. The molecule has 1 aromatic rings. The van der Waals surface area contributed by atoms with Crippen molar-refractivity contribution in [2.75, 3.05) is 7.11 Å². The predicted octanol–water partition coefficient (Wildman–Crippen LogP) is 2.80. The van der Waals surface area contributed by atoms with Crippen LogP contribution in [-0.2, 0) is 9.53 Å². The van der Waals surface area contributed by atoms with Gasteiger partial charge in [0.1, 0.15) is 11.6 Å². The van der Waals surface area contributed by atoms with E-state index in [2.05, 4.69) is 4.74 Å². The van der Waals surface area contributed by atoms with Crippen molar-refractivity contribution in [2.24, 2.45) is 0 Å². The van der Waals surface area contributed by atoms with Crippen LogP contribution in [0.5, 0.6) is 0 Å². The number of methoxy groups -OCH3 is 1. The maximum absolute atomic E-state index is 13.1. The van der Waals surface area contributed by atoms with Gasteiger partial charge < -0.3 is 4.74 Å². The van der Waals surface area contributed by atoms with Gasteiger partial charge in [0, 0.05) is 11.6 Å². The van der Waals surface area contributed by atoms with Crippen LogP contribution in [0, 0.1) is 11.6 Å². The van der Waals surface area contributed by atoms with Crippen LogP contribution >= 0.6 is 11.6 Å². The molecule has 1 rings (SSSR count). The maximum Gasteiger partial charge on any atom is 0.330 e. The lowest BCUT2D eigenvalue weighted by molar-refractivity contribution is -0.134. The molecule has 0 heterocycles. The SMILES string of the molecule is COC(=O)C=Cc1c(F)ccc(F)c1Cl. The normalized spacial score (nSPS) is 10.7. The van der Waals surface area contributed by atoms with Crippen LogP contribution in [0.25, 0.3) is 6.08 Å². The molecule has 0 fully saturated rings. The minimum Gasteiger partial charge on any atom is -0.466 e. The van der Waals surface area contributed by atoms with Crippen molar-refractivity contribution in [3.05, 3.63) is 40.4 Å². The first-order valence-corrected chi connectivity index (χ1v) is 4.33. The summed E-state index contributed by atoms with van der Waals surface area (Å²) in [5, 5.41) is -0.366. The quantitative estimate of drug-likeness (QED) is 0.445. The van der Waals surface area contributed by atoms with Crippen LogP contribution < -0.4 is 0 Å². The molecule has 0 N–H and O–H groups in total. The molecule has 15 heavy (non-hydrogen) atoms. The molecular weight excluding hydrogens is 226 g/mol. The molecule has 0 radical (unpaired) electrons. The lowest BCUT2D eigenvalue weighted by atomic mass is 10.2. The first-order valence-electron chi connectivity index (χ1n) is 3.95. The molecule has 0 saturated heterocycles. The van der Waals surface area contributed by atoms with E-state index in [1.165, 1.54) is 7.11 Å². The van der Waals surface area contributed by atoms with Gasteiger partial charge in [-0.05, 0) is 18.2 Å². The average molecular weight is 233 g/mol. The lowest BCUT2D eigenvalue weighted by Crippen LogP contribution is -1.94. The van der Waals surface area contributed by atoms with E-state index < -0.39 is 17.6 Å². The van der Waals surface area contributed by atoms with Crippen molar-refractivity contribution < 1.29 is 18.3 Å². The summed E-state index contributed by atoms with van der Waals surface area (Å²) in [5.41, 5.74) is -0.179. The van der Waals surface area contributed by atoms with E-state index in [4.69, 9.17) is 11.6 Å². The number of rotatable bonds is 2. The topological polar surface area (TPSA) is 26.3 Å². The van der Waals surface area contributed by atoms with Crippen molar-refractivity contribution in [1.29, 1.82) is 0 Å². The third-order valence-corrected chi connectivity index (χ3v) is 2.05. The largest absolute Gasteiger partial charge is 0.466 e. The van der Waals surface area contributed by atoms with Gasteiger partial charge in [0.15, 0.2) is 0 Å². The monoisotopic (exact) mass is 232 g/mol. The molecule has 0 amide bonds. The Morgan fingerprint density at radius 2 is 2.00 bits per heavy atom. The van der Waals surface area contributed by atoms with E-state index in [1.807, 2.05) is 0 Å². The summed E-state index contributed by atoms with van der Waals surface area (Å²) in [7, 11) is 1.18. The molecule has 2 nitrogen and oxygen atoms in total. The standard InChI is InChI=1S/C10H7ClF2O2/c1-15-9(14)5-2-6-7(12)3-4-8(13)10(6)11/h2-5H,1H3. The third-order valence-electron chi connectivity index (χ3n) is 1.67. The minimum absolute atomic E-state index is 0.179. The molecule has 0 saturated carbocycles.